The van der Waals surface area contributed by atoms with Crippen LogP contribution >= 0.6 is 0 Å². The van der Waals surface area contributed by atoms with Crippen molar-refractivity contribution >= 4 is 5.78 Å². The zero-order valence-corrected chi connectivity index (χ0v) is 6.03. The van der Waals surface area contributed by atoms with E-state index in [1.807, 2.05) is 0 Å². The van der Waals surface area contributed by atoms with Gasteiger partial charge in [-0.1, -0.05) is 12.1 Å². The van der Waals surface area contributed by atoms with Crippen LogP contribution in [0.15, 0.2) is 6.20 Å². The van der Waals surface area contributed by atoms with Crippen LogP contribution in [0.25, 0.3) is 0 Å². The number of rotatable bonds is 2. The molecule has 0 N–H and O–H groups in total. The first kappa shape index (κ1) is 6.92. The lowest BCUT2D eigenvalue weighted by molar-refractivity contribution is 0.0983. The van der Waals surface area contributed by atoms with Crippen molar-refractivity contribution in [3.63, 3.8) is 0 Å². The molecule has 0 saturated carbocycles. The highest BCUT2D eigenvalue weighted by Gasteiger charge is 2.05. The maximum atomic E-state index is 10.9. The summed E-state index contributed by atoms with van der Waals surface area (Å²) < 4.78 is 1.52. The van der Waals surface area contributed by atoms with Crippen molar-refractivity contribution in [1.82, 2.24) is 15.0 Å². The summed E-state index contributed by atoms with van der Waals surface area (Å²) in [6.07, 6.45) is 2.10. The fraction of sp³-hybridized carbons (Fsp3) is 0.500. The molecule has 0 bridgehead atoms. The van der Waals surface area contributed by atoms with Crippen LogP contribution in [0.2, 0.25) is 0 Å². The van der Waals surface area contributed by atoms with Gasteiger partial charge >= 0.3 is 0 Å². The van der Waals surface area contributed by atoms with Crippen molar-refractivity contribution in [2.75, 3.05) is 0 Å². The lowest BCUT2D eigenvalue weighted by Gasteiger charge is -1.84. The van der Waals surface area contributed by atoms with Crippen molar-refractivity contribution in [2.24, 2.45) is 7.05 Å². The smallest absolute Gasteiger partial charge is 0.184 e. The second kappa shape index (κ2) is 2.60. The summed E-state index contributed by atoms with van der Waals surface area (Å²) in [4.78, 5) is 10.9. The Hall–Kier alpha value is -1.19. The lowest BCUT2D eigenvalue weighted by atomic mass is 10.2. The highest BCUT2D eigenvalue weighted by Crippen LogP contribution is 1.95. The fourth-order valence-corrected chi connectivity index (χ4v) is 0.656. The Morgan fingerprint density at radius 3 is 2.90 bits per heavy atom. The van der Waals surface area contributed by atoms with Gasteiger partial charge in [0.25, 0.3) is 0 Å². The Morgan fingerprint density at radius 2 is 2.50 bits per heavy atom. The Labute approximate surface area is 58.8 Å². The Kier molecular flexibility index (Phi) is 1.80. The van der Waals surface area contributed by atoms with Gasteiger partial charge in [-0.15, -0.1) is 5.10 Å². The molecule has 54 valence electrons. The molecular formula is C6H9N3O. The maximum absolute atomic E-state index is 10.9. The number of aromatic nitrogens is 3. The zero-order valence-electron chi connectivity index (χ0n) is 6.03. The van der Waals surface area contributed by atoms with Gasteiger partial charge in [-0.2, -0.15) is 0 Å². The molecule has 0 unspecified atom stereocenters. The number of hydrogen-bond acceptors (Lipinski definition) is 3. The number of aryl methyl sites for hydroxylation is 1. The summed E-state index contributed by atoms with van der Waals surface area (Å²) in [7, 11) is 1.74. The molecule has 4 heteroatoms. The van der Waals surface area contributed by atoms with E-state index in [2.05, 4.69) is 10.3 Å². The Bertz CT molecular complexity index is 241. The highest BCUT2D eigenvalue weighted by molar-refractivity contribution is 5.93. The van der Waals surface area contributed by atoms with Crippen molar-refractivity contribution in [2.45, 2.75) is 13.3 Å². The minimum atomic E-state index is 0.0353. The number of Topliss-reactive ketones (excluding diaryl/α,β-unsaturated/α-hetero) is 1. The molecule has 0 aliphatic heterocycles. The molecule has 0 spiro atoms. The molecule has 10 heavy (non-hydrogen) atoms. The van der Waals surface area contributed by atoms with Crippen molar-refractivity contribution in [3.05, 3.63) is 11.9 Å². The standard InChI is InChI=1S/C6H9N3O/c1-3-6(10)5-4-9(2)8-7-5/h4H,3H2,1-2H3. The van der Waals surface area contributed by atoms with E-state index in [4.69, 9.17) is 0 Å². The van der Waals surface area contributed by atoms with Gasteiger partial charge < -0.3 is 0 Å². The molecule has 0 aliphatic rings. The first-order valence-corrected chi connectivity index (χ1v) is 3.13. The highest BCUT2D eigenvalue weighted by atomic mass is 16.1. The molecule has 0 aliphatic carbocycles. The van der Waals surface area contributed by atoms with Gasteiger partial charge in [0.1, 0.15) is 5.69 Å². The number of nitrogens with zero attached hydrogens (tertiary/aromatic N) is 3. The van der Waals surface area contributed by atoms with Gasteiger partial charge in [0.15, 0.2) is 5.78 Å². The van der Waals surface area contributed by atoms with Crippen LogP contribution in [0.5, 0.6) is 0 Å². The normalized spacial score (nSPS) is 9.80. The number of ketones is 1. The van der Waals surface area contributed by atoms with E-state index in [0.29, 0.717) is 12.1 Å². The molecule has 1 aromatic heterocycles. The molecule has 0 fully saturated rings. The quantitative estimate of drug-likeness (QED) is 0.557. The van der Waals surface area contributed by atoms with Crippen LogP contribution in [-0.2, 0) is 7.05 Å². The van der Waals surface area contributed by atoms with E-state index in [1.165, 1.54) is 4.68 Å². The summed E-state index contributed by atoms with van der Waals surface area (Å²) in [5.74, 6) is 0.0353. The molecule has 0 atom stereocenters. The first-order valence-electron chi connectivity index (χ1n) is 3.13. The summed E-state index contributed by atoms with van der Waals surface area (Å²) in [6, 6.07) is 0. The van der Waals surface area contributed by atoms with Gasteiger partial charge in [-0.3, -0.25) is 9.48 Å². The van der Waals surface area contributed by atoms with Gasteiger partial charge in [-0.25, -0.2) is 0 Å². The average molecular weight is 139 g/mol. The van der Waals surface area contributed by atoms with E-state index in [1.54, 1.807) is 20.2 Å². The van der Waals surface area contributed by atoms with Gasteiger partial charge in [0.05, 0.1) is 6.20 Å². The third kappa shape index (κ3) is 1.21. The SMILES string of the molecule is CCC(=O)c1cn(C)nn1. The third-order valence-electron chi connectivity index (χ3n) is 1.21. The molecule has 1 rings (SSSR count). The van der Waals surface area contributed by atoms with E-state index in [9.17, 15) is 4.79 Å². The number of hydrogen-bond donors (Lipinski definition) is 0. The fourth-order valence-electron chi connectivity index (χ4n) is 0.656. The van der Waals surface area contributed by atoms with Gasteiger partial charge in [0.2, 0.25) is 0 Å². The maximum Gasteiger partial charge on any atom is 0.184 e. The summed E-state index contributed by atoms with van der Waals surface area (Å²) >= 11 is 0. The topological polar surface area (TPSA) is 47.8 Å². The summed E-state index contributed by atoms with van der Waals surface area (Å²) in [5.41, 5.74) is 0.449. The Balaban J connectivity index is 2.85. The average Bonchev–Trinajstić information content (AvgIpc) is 2.34. The van der Waals surface area contributed by atoms with Crippen LogP contribution in [0, 0.1) is 0 Å². The minimum absolute atomic E-state index is 0.0353. The largest absolute Gasteiger partial charge is 0.292 e. The van der Waals surface area contributed by atoms with E-state index in [-0.39, 0.29) is 5.78 Å². The number of carbonyl (C=O) groups is 1. The van der Waals surface area contributed by atoms with E-state index < -0.39 is 0 Å². The summed E-state index contributed by atoms with van der Waals surface area (Å²) in [5, 5.41) is 7.28. The summed E-state index contributed by atoms with van der Waals surface area (Å²) in [6.45, 7) is 1.80. The molecule has 1 aromatic rings. The van der Waals surface area contributed by atoms with E-state index >= 15 is 0 Å². The monoisotopic (exact) mass is 139 g/mol. The predicted molar refractivity (Wildman–Crippen MR) is 35.6 cm³/mol. The lowest BCUT2D eigenvalue weighted by Crippen LogP contribution is -1.95. The van der Waals surface area contributed by atoms with E-state index in [0.717, 1.165) is 0 Å². The van der Waals surface area contributed by atoms with Crippen LogP contribution < -0.4 is 0 Å². The molecule has 0 radical (unpaired) electrons. The third-order valence-corrected chi connectivity index (χ3v) is 1.21. The molecule has 0 saturated heterocycles. The van der Waals surface area contributed by atoms with Crippen LogP contribution in [0.4, 0.5) is 0 Å². The predicted octanol–water partition coefficient (Wildman–Crippen LogP) is 0.408. The van der Waals surface area contributed by atoms with Crippen LogP contribution in [0.3, 0.4) is 0 Å². The molecule has 4 nitrogen and oxygen atoms in total. The van der Waals surface area contributed by atoms with Crippen LogP contribution in [0.1, 0.15) is 23.8 Å². The molecular weight excluding hydrogens is 130 g/mol. The zero-order chi connectivity index (χ0) is 7.56. The molecule has 1 heterocycles. The first-order chi connectivity index (χ1) is 4.74. The van der Waals surface area contributed by atoms with Crippen molar-refractivity contribution in [3.8, 4) is 0 Å². The van der Waals surface area contributed by atoms with Crippen molar-refractivity contribution < 1.29 is 4.79 Å². The second-order valence-electron chi connectivity index (χ2n) is 2.05. The minimum Gasteiger partial charge on any atom is -0.292 e. The molecule has 0 aromatic carbocycles. The number of carbonyl (C=O) groups excluding carboxylic acids is 1. The van der Waals surface area contributed by atoms with Gasteiger partial charge in [0, 0.05) is 13.5 Å². The Morgan fingerprint density at radius 1 is 1.80 bits per heavy atom. The van der Waals surface area contributed by atoms with Crippen LogP contribution in [-0.4, -0.2) is 20.8 Å². The van der Waals surface area contributed by atoms with Crippen molar-refractivity contribution in [1.29, 1.82) is 0 Å². The van der Waals surface area contributed by atoms with Gasteiger partial charge in [-0.05, 0) is 0 Å². The molecule has 0 amide bonds. The second-order valence-corrected chi connectivity index (χ2v) is 2.05.